The van der Waals surface area contributed by atoms with Crippen LogP contribution in [0.1, 0.15) is 24.2 Å². The molecule has 19 heavy (non-hydrogen) atoms. The molecule has 0 bridgehead atoms. The molecule has 2 aromatic rings. The summed E-state index contributed by atoms with van der Waals surface area (Å²) in [4.78, 5) is 4.50. The molecule has 1 heterocycles. The summed E-state index contributed by atoms with van der Waals surface area (Å²) in [6.45, 7) is 2.22. The van der Waals surface area contributed by atoms with Gasteiger partial charge < -0.3 is 5.32 Å². The van der Waals surface area contributed by atoms with E-state index < -0.39 is 0 Å². The molecule has 0 aliphatic heterocycles. The fraction of sp³-hybridized carbons (Fsp3) is 0.312. The molecule has 3 heteroatoms. The lowest BCUT2D eigenvalue weighted by molar-refractivity contribution is 0.525. The van der Waals surface area contributed by atoms with Gasteiger partial charge in [-0.15, -0.1) is 0 Å². The maximum Gasteiger partial charge on any atom is 0.0753 e. The third-order valence-corrected chi connectivity index (χ3v) is 3.82. The maximum absolute atomic E-state index is 4.50. The van der Waals surface area contributed by atoms with Crippen molar-refractivity contribution in [3.63, 3.8) is 0 Å². The second-order valence-electron chi connectivity index (χ2n) is 4.62. The smallest absolute Gasteiger partial charge is 0.0753 e. The molecule has 0 aliphatic carbocycles. The minimum atomic E-state index is 0.157. The summed E-state index contributed by atoms with van der Waals surface area (Å²) in [6, 6.07) is 17.2. The average Bonchev–Trinajstić information content (AvgIpc) is 2.47. The van der Waals surface area contributed by atoms with E-state index in [1.54, 1.807) is 0 Å². The highest BCUT2D eigenvalue weighted by Crippen LogP contribution is 2.20. The fourth-order valence-electron chi connectivity index (χ4n) is 2.13. The van der Waals surface area contributed by atoms with E-state index in [1.807, 2.05) is 36.2 Å². The molecule has 0 amide bonds. The van der Waals surface area contributed by atoms with Crippen molar-refractivity contribution < 1.29 is 0 Å². The van der Waals surface area contributed by atoms with Gasteiger partial charge in [-0.2, -0.15) is 11.8 Å². The highest BCUT2D eigenvalue weighted by atomic mass is 32.2. The maximum atomic E-state index is 4.50. The first-order valence-electron chi connectivity index (χ1n) is 6.52. The van der Waals surface area contributed by atoms with E-state index in [2.05, 4.69) is 53.8 Å². The molecule has 1 aromatic carbocycles. The van der Waals surface area contributed by atoms with Crippen LogP contribution in [0.4, 0.5) is 0 Å². The first-order valence-corrected chi connectivity index (χ1v) is 7.91. The number of hydrogen-bond donors (Lipinski definition) is 1. The van der Waals surface area contributed by atoms with Crippen LogP contribution in [-0.2, 0) is 0 Å². The summed E-state index contributed by atoms with van der Waals surface area (Å²) in [6.07, 6.45) is 3.99. The molecule has 0 aliphatic rings. The Morgan fingerprint density at radius 2 is 1.84 bits per heavy atom. The van der Waals surface area contributed by atoms with E-state index in [0.29, 0.717) is 6.04 Å². The van der Waals surface area contributed by atoms with Crippen molar-refractivity contribution in [1.82, 2.24) is 10.3 Å². The normalized spacial score (nSPS) is 14.0. The van der Waals surface area contributed by atoms with Crippen molar-refractivity contribution in [2.75, 3.05) is 12.0 Å². The van der Waals surface area contributed by atoms with Gasteiger partial charge in [0.05, 0.1) is 11.7 Å². The van der Waals surface area contributed by atoms with E-state index in [4.69, 9.17) is 0 Å². The summed E-state index contributed by atoms with van der Waals surface area (Å²) in [5.41, 5.74) is 2.33. The number of aromatic nitrogens is 1. The SMILES string of the molecule is CSCC(C)NC(c1ccccc1)c1ccccn1. The summed E-state index contributed by atoms with van der Waals surface area (Å²) in [7, 11) is 0. The quantitative estimate of drug-likeness (QED) is 0.871. The second kappa shape index (κ2) is 7.31. The lowest BCUT2D eigenvalue weighted by Gasteiger charge is -2.23. The zero-order valence-electron chi connectivity index (χ0n) is 11.4. The summed E-state index contributed by atoms with van der Waals surface area (Å²) in [5.74, 6) is 1.09. The van der Waals surface area contributed by atoms with E-state index >= 15 is 0 Å². The van der Waals surface area contributed by atoms with Crippen molar-refractivity contribution in [1.29, 1.82) is 0 Å². The van der Waals surface area contributed by atoms with E-state index in [-0.39, 0.29) is 6.04 Å². The second-order valence-corrected chi connectivity index (χ2v) is 5.53. The number of hydrogen-bond acceptors (Lipinski definition) is 3. The van der Waals surface area contributed by atoms with Gasteiger partial charge in [-0.3, -0.25) is 4.98 Å². The van der Waals surface area contributed by atoms with Crippen molar-refractivity contribution in [3.05, 3.63) is 66.0 Å². The van der Waals surface area contributed by atoms with Crippen LogP contribution in [0.2, 0.25) is 0 Å². The van der Waals surface area contributed by atoms with Crippen LogP contribution in [-0.4, -0.2) is 23.0 Å². The molecule has 0 saturated carbocycles. The number of benzene rings is 1. The van der Waals surface area contributed by atoms with Gasteiger partial charge in [0.1, 0.15) is 0 Å². The van der Waals surface area contributed by atoms with Gasteiger partial charge in [0.25, 0.3) is 0 Å². The first kappa shape index (κ1) is 14.1. The van der Waals surface area contributed by atoms with Crippen LogP contribution < -0.4 is 5.32 Å². The molecule has 0 spiro atoms. The molecular weight excluding hydrogens is 252 g/mol. The van der Waals surface area contributed by atoms with Crippen LogP contribution in [0.25, 0.3) is 0 Å². The molecule has 2 atom stereocenters. The molecule has 0 saturated heterocycles. The first-order chi connectivity index (χ1) is 9.31. The van der Waals surface area contributed by atoms with Gasteiger partial charge in [0.2, 0.25) is 0 Å². The zero-order chi connectivity index (χ0) is 13.5. The number of rotatable bonds is 6. The molecule has 1 aromatic heterocycles. The van der Waals surface area contributed by atoms with Crippen LogP contribution in [0, 0.1) is 0 Å². The third-order valence-electron chi connectivity index (χ3n) is 2.98. The number of pyridine rings is 1. The van der Waals surface area contributed by atoms with Gasteiger partial charge in [-0.25, -0.2) is 0 Å². The molecule has 0 radical (unpaired) electrons. The van der Waals surface area contributed by atoms with Crippen LogP contribution >= 0.6 is 11.8 Å². The Morgan fingerprint density at radius 3 is 2.47 bits per heavy atom. The number of nitrogens with one attached hydrogen (secondary N) is 1. The molecule has 2 unspecified atom stereocenters. The van der Waals surface area contributed by atoms with Gasteiger partial charge in [-0.05, 0) is 30.9 Å². The highest BCUT2D eigenvalue weighted by molar-refractivity contribution is 7.98. The van der Waals surface area contributed by atoms with Gasteiger partial charge in [-0.1, -0.05) is 36.4 Å². The van der Waals surface area contributed by atoms with E-state index in [1.165, 1.54) is 5.56 Å². The third kappa shape index (κ3) is 4.08. The lowest BCUT2D eigenvalue weighted by Crippen LogP contribution is -2.33. The molecule has 2 rings (SSSR count). The summed E-state index contributed by atoms with van der Waals surface area (Å²) >= 11 is 1.86. The Labute approximate surface area is 119 Å². The van der Waals surface area contributed by atoms with Crippen molar-refractivity contribution in [2.45, 2.75) is 19.0 Å². The molecule has 2 nitrogen and oxygen atoms in total. The lowest BCUT2D eigenvalue weighted by atomic mass is 10.0. The van der Waals surface area contributed by atoms with E-state index in [0.717, 1.165) is 11.4 Å². The Kier molecular flexibility index (Phi) is 5.43. The molecule has 100 valence electrons. The number of thioether (sulfide) groups is 1. The average molecular weight is 272 g/mol. The minimum Gasteiger partial charge on any atom is -0.302 e. The fourth-order valence-corrected chi connectivity index (χ4v) is 2.72. The van der Waals surface area contributed by atoms with Crippen molar-refractivity contribution in [3.8, 4) is 0 Å². The van der Waals surface area contributed by atoms with Gasteiger partial charge in [0.15, 0.2) is 0 Å². The summed E-state index contributed by atoms with van der Waals surface area (Å²) < 4.78 is 0. The van der Waals surface area contributed by atoms with Crippen LogP contribution in [0.5, 0.6) is 0 Å². The predicted octanol–water partition coefficient (Wildman–Crippen LogP) is 3.51. The van der Waals surface area contributed by atoms with Crippen LogP contribution in [0.15, 0.2) is 54.7 Å². The topological polar surface area (TPSA) is 24.9 Å². The van der Waals surface area contributed by atoms with Crippen molar-refractivity contribution >= 4 is 11.8 Å². The Bertz CT molecular complexity index is 433. The Hall–Kier alpha value is -1.32. The summed E-state index contributed by atoms with van der Waals surface area (Å²) in [5, 5.41) is 3.67. The van der Waals surface area contributed by atoms with Gasteiger partial charge >= 0.3 is 0 Å². The molecule has 1 N–H and O–H groups in total. The molecular formula is C16H20N2S. The number of nitrogens with zero attached hydrogens (tertiary/aromatic N) is 1. The Balaban J connectivity index is 2.24. The van der Waals surface area contributed by atoms with Gasteiger partial charge in [0, 0.05) is 18.0 Å². The zero-order valence-corrected chi connectivity index (χ0v) is 12.2. The Morgan fingerprint density at radius 1 is 1.11 bits per heavy atom. The van der Waals surface area contributed by atoms with E-state index in [9.17, 15) is 0 Å². The largest absolute Gasteiger partial charge is 0.302 e. The minimum absolute atomic E-state index is 0.157. The standard InChI is InChI=1S/C16H20N2S/c1-13(12-19-2)18-16(14-8-4-3-5-9-14)15-10-6-7-11-17-15/h3-11,13,16,18H,12H2,1-2H3. The molecule has 0 fully saturated rings. The highest BCUT2D eigenvalue weighted by Gasteiger charge is 2.16. The monoisotopic (exact) mass is 272 g/mol. The predicted molar refractivity (Wildman–Crippen MR) is 83.5 cm³/mol. The van der Waals surface area contributed by atoms with Crippen LogP contribution in [0.3, 0.4) is 0 Å². The van der Waals surface area contributed by atoms with Crippen molar-refractivity contribution in [2.24, 2.45) is 0 Å².